The first-order valence-corrected chi connectivity index (χ1v) is 7.55. The summed E-state index contributed by atoms with van der Waals surface area (Å²) in [5, 5.41) is 3.03. The molecule has 0 saturated carbocycles. The van der Waals surface area contributed by atoms with Crippen LogP contribution in [0.1, 0.15) is 18.4 Å². The molecule has 2 aliphatic heterocycles. The zero-order valence-corrected chi connectivity index (χ0v) is 12.4. The summed E-state index contributed by atoms with van der Waals surface area (Å²) in [5.41, 5.74) is 1.20. The molecule has 114 valence electrons. The maximum absolute atomic E-state index is 12.3. The van der Waals surface area contributed by atoms with Crippen LogP contribution in [0.2, 0.25) is 0 Å². The number of carbonyl (C=O) groups is 1. The van der Waals surface area contributed by atoms with E-state index < -0.39 is 0 Å². The third kappa shape index (κ3) is 3.13. The van der Waals surface area contributed by atoms with E-state index in [0.717, 1.165) is 25.0 Å². The maximum atomic E-state index is 12.3. The number of fused-ring (bicyclic) bond motifs is 2. The lowest BCUT2D eigenvalue weighted by atomic mass is 10.1. The molecule has 2 aliphatic rings. The summed E-state index contributed by atoms with van der Waals surface area (Å²) in [6.45, 7) is 2.02. The van der Waals surface area contributed by atoms with E-state index in [4.69, 9.17) is 9.47 Å². The Balaban J connectivity index is 1.47. The largest absolute Gasteiger partial charge is 0.497 e. The molecule has 2 bridgehead atoms. The second-order valence-electron chi connectivity index (χ2n) is 5.66. The van der Waals surface area contributed by atoms with Gasteiger partial charge >= 0.3 is 6.03 Å². The highest BCUT2D eigenvalue weighted by Gasteiger charge is 2.40. The van der Waals surface area contributed by atoms with Crippen LogP contribution in [0.15, 0.2) is 24.3 Å². The lowest BCUT2D eigenvalue weighted by Gasteiger charge is -2.34. The molecule has 3 rings (SSSR count). The van der Waals surface area contributed by atoms with E-state index in [1.54, 1.807) is 7.11 Å². The fourth-order valence-corrected chi connectivity index (χ4v) is 3.16. The summed E-state index contributed by atoms with van der Waals surface area (Å²) >= 11 is 0. The Morgan fingerprint density at radius 3 is 2.57 bits per heavy atom. The number of nitrogens with zero attached hydrogens (tertiary/aromatic N) is 1. The first-order chi connectivity index (χ1) is 10.3. The van der Waals surface area contributed by atoms with E-state index in [2.05, 4.69) is 5.32 Å². The van der Waals surface area contributed by atoms with Gasteiger partial charge in [-0.15, -0.1) is 0 Å². The second-order valence-corrected chi connectivity index (χ2v) is 5.66. The Bertz CT molecular complexity index is 473. The van der Waals surface area contributed by atoms with Crippen molar-refractivity contribution >= 4 is 6.03 Å². The number of morpholine rings is 1. The molecule has 0 spiro atoms. The first kappa shape index (κ1) is 14.2. The molecule has 21 heavy (non-hydrogen) atoms. The number of benzene rings is 1. The minimum atomic E-state index is 0.0549. The van der Waals surface area contributed by atoms with E-state index in [-0.39, 0.29) is 18.1 Å². The standard InChI is InChI=1S/C16H22N2O3/c1-20-15-6-2-12(3-7-15)8-9-17-16(19)18-13-4-5-14(18)11-21-10-13/h2-3,6-7,13-14H,4-5,8-11H2,1H3,(H,17,19)/t13-,14+. The third-order valence-corrected chi connectivity index (χ3v) is 4.32. The van der Waals surface area contributed by atoms with E-state index in [1.807, 2.05) is 29.2 Å². The smallest absolute Gasteiger partial charge is 0.318 e. The average Bonchev–Trinajstić information content (AvgIpc) is 2.77. The summed E-state index contributed by atoms with van der Waals surface area (Å²) < 4.78 is 10.6. The van der Waals surface area contributed by atoms with Gasteiger partial charge in [-0.25, -0.2) is 4.79 Å². The molecule has 2 fully saturated rings. The predicted molar refractivity (Wildman–Crippen MR) is 79.6 cm³/mol. The lowest BCUT2D eigenvalue weighted by Crippen LogP contribution is -2.53. The van der Waals surface area contributed by atoms with Gasteiger partial charge in [0.25, 0.3) is 0 Å². The molecule has 0 aliphatic carbocycles. The van der Waals surface area contributed by atoms with Gasteiger partial charge in [-0.1, -0.05) is 12.1 Å². The molecule has 0 unspecified atom stereocenters. The predicted octanol–water partition coefficient (Wildman–Crippen LogP) is 1.81. The molecule has 2 saturated heterocycles. The van der Waals surface area contributed by atoms with Crippen LogP contribution in [0.5, 0.6) is 5.75 Å². The SMILES string of the molecule is COc1ccc(CCNC(=O)N2[C@@H]3CC[C@H]2COC3)cc1. The van der Waals surface area contributed by atoms with Crippen molar-refractivity contribution in [2.24, 2.45) is 0 Å². The van der Waals surface area contributed by atoms with Crippen molar-refractivity contribution in [1.82, 2.24) is 10.2 Å². The lowest BCUT2D eigenvalue weighted by molar-refractivity contribution is 0.00645. The van der Waals surface area contributed by atoms with Gasteiger partial charge < -0.3 is 19.7 Å². The van der Waals surface area contributed by atoms with E-state index in [1.165, 1.54) is 5.56 Å². The van der Waals surface area contributed by atoms with Crippen LogP contribution in [0, 0.1) is 0 Å². The summed E-state index contributed by atoms with van der Waals surface area (Å²) in [7, 11) is 1.66. The summed E-state index contributed by atoms with van der Waals surface area (Å²) in [5.74, 6) is 0.854. The monoisotopic (exact) mass is 290 g/mol. The number of nitrogens with one attached hydrogen (secondary N) is 1. The number of hydrogen-bond donors (Lipinski definition) is 1. The molecule has 0 radical (unpaired) electrons. The van der Waals surface area contributed by atoms with Gasteiger partial charge in [-0.05, 0) is 37.0 Å². The number of rotatable bonds is 4. The number of hydrogen-bond acceptors (Lipinski definition) is 3. The first-order valence-electron chi connectivity index (χ1n) is 7.55. The summed E-state index contributed by atoms with van der Waals surface area (Å²) in [6.07, 6.45) is 2.96. The van der Waals surface area contributed by atoms with Gasteiger partial charge in [-0.3, -0.25) is 0 Å². The third-order valence-electron chi connectivity index (χ3n) is 4.32. The molecular formula is C16H22N2O3. The maximum Gasteiger partial charge on any atom is 0.318 e. The van der Waals surface area contributed by atoms with E-state index in [9.17, 15) is 4.79 Å². The highest BCUT2D eigenvalue weighted by molar-refractivity contribution is 5.75. The summed E-state index contributed by atoms with van der Waals surface area (Å²) in [4.78, 5) is 14.3. The number of methoxy groups -OCH3 is 1. The zero-order valence-electron chi connectivity index (χ0n) is 12.4. The number of amides is 2. The number of urea groups is 1. The van der Waals surface area contributed by atoms with E-state index >= 15 is 0 Å². The molecule has 2 heterocycles. The van der Waals surface area contributed by atoms with Crippen LogP contribution >= 0.6 is 0 Å². The van der Waals surface area contributed by atoms with Crippen molar-refractivity contribution in [2.45, 2.75) is 31.3 Å². The topological polar surface area (TPSA) is 50.8 Å². The summed E-state index contributed by atoms with van der Waals surface area (Å²) in [6, 6.07) is 8.54. The minimum absolute atomic E-state index is 0.0549. The Hall–Kier alpha value is -1.75. The van der Waals surface area contributed by atoms with Crippen molar-refractivity contribution in [3.8, 4) is 5.75 Å². The van der Waals surface area contributed by atoms with Crippen LogP contribution in [0.4, 0.5) is 4.79 Å². The fourth-order valence-electron chi connectivity index (χ4n) is 3.16. The van der Waals surface area contributed by atoms with Crippen LogP contribution < -0.4 is 10.1 Å². The molecular weight excluding hydrogens is 268 g/mol. The van der Waals surface area contributed by atoms with Gasteiger partial charge in [0.05, 0.1) is 32.4 Å². The van der Waals surface area contributed by atoms with Crippen molar-refractivity contribution in [3.05, 3.63) is 29.8 Å². The Morgan fingerprint density at radius 1 is 1.29 bits per heavy atom. The zero-order chi connectivity index (χ0) is 14.7. The van der Waals surface area contributed by atoms with Crippen molar-refractivity contribution in [2.75, 3.05) is 26.9 Å². The highest BCUT2D eigenvalue weighted by Crippen LogP contribution is 2.28. The van der Waals surface area contributed by atoms with Crippen molar-refractivity contribution < 1.29 is 14.3 Å². The van der Waals surface area contributed by atoms with Gasteiger partial charge in [-0.2, -0.15) is 0 Å². The number of carbonyl (C=O) groups excluding carboxylic acids is 1. The van der Waals surface area contributed by atoms with Gasteiger partial charge in [0, 0.05) is 6.54 Å². The van der Waals surface area contributed by atoms with Crippen molar-refractivity contribution in [3.63, 3.8) is 0 Å². The molecule has 5 nitrogen and oxygen atoms in total. The van der Waals surface area contributed by atoms with Gasteiger partial charge in [0.15, 0.2) is 0 Å². The molecule has 0 aromatic heterocycles. The Morgan fingerprint density at radius 2 is 1.95 bits per heavy atom. The molecule has 1 N–H and O–H groups in total. The normalized spacial score (nSPS) is 24.0. The van der Waals surface area contributed by atoms with Crippen LogP contribution in [0.25, 0.3) is 0 Å². The molecule has 1 aromatic rings. The molecule has 1 aromatic carbocycles. The molecule has 2 atom stereocenters. The van der Waals surface area contributed by atoms with Gasteiger partial charge in [0.2, 0.25) is 0 Å². The Labute approximate surface area is 125 Å². The van der Waals surface area contributed by atoms with Crippen LogP contribution in [-0.2, 0) is 11.2 Å². The molecule has 2 amide bonds. The van der Waals surface area contributed by atoms with Crippen LogP contribution in [0.3, 0.4) is 0 Å². The fraction of sp³-hybridized carbons (Fsp3) is 0.562. The minimum Gasteiger partial charge on any atom is -0.497 e. The average molecular weight is 290 g/mol. The quantitative estimate of drug-likeness (QED) is 0.920. The highest BCUT2D eigenvalue weighted by atomic mass is 16.5. The number of ether oxygens (including phenoxy) is 2. The van der Waals surface area contributed by atoms with Crippen LogP contribution in [-0.4, -0.2) is 49.9 Å². The van der Waals surface area contributed by atoms with Gasteiger partial charge in [0.1, 0.15) is 5.75 Å². The molecule has 5 heteroatoms. The Kier molecular flexibility index (Phi) is 4.29. The van der Waals surface area contributed by atoms with Crippen molar-refractivity contribution in [1.29, 1.82) is 0 Å². The second kappa shape index (κ2) is 6.35. The van der Waals surface area contributed by atoms with E-state index in [0.29, 0.717) is 19.8 Å².